The van der Waals surface area contributed by atoms with E-state index in [2.05, 4.69) is 25.0 Å². The van der Waals surface area contributed by atoms with Gasteiger partial charge in [-0.2, -0.15) is 10.2 Å². The molecular formula is C34H43N7O7. The number of aromatic nitrogens is 6. The van der Waals surface area contributed by atoms with Crippen molar-refractivity contribution in [3.63, 3.8) is 0 Å². The van der Waals surface area contributed by atoms with E-state index >= 15 is 0 Å². The molecule has 0 spiro atoms. The summed E-state index contributed by atoms with van der Waals surface area (Å²) in [5, 5.41) is 18.7. The monoisotopic (exact) mass is 661 g/mol. The topological polar surface area (TPSA) is 140 Å². The van der Waals surface area contributed by atoms with Gasteiger partial charge in [0, 0.05) is 0 Å². The molecule has 0 radical (unpaired) electrons. The summed E-state index contributed by atoms with van der Waals surface area (Å²) in [7, 11) is 0. The van der Waals surface area contributed by atoms with Gasteiger partial charge in [-0.1, -0.05) is 13.8 Å². The summed E-state index contributed by atoms with van der Waals surface area (Å²) >= 11 is 0. The lowest BCUT2D eigenvalue weighted by Crippen LogP contribution is -2.45. The Hall–Kier alpha value is -3.55. The molecular weight excluding hydrogens is 618 g/mol. The summed E-state index contributed by atoms with van der Waals surface area (Å²) < 4.78 is 40.5. The number of aliphatic hydroxyl groups is 1. The van der Waals surface area contributed by atoms with E-state index < -0.39 is 35.1 Å². The number of hydrogen-bond donors (Lipinski definition) is 1. The highest BCUT2D eigenvalue weighted by molar-refractivity contribution is 5.53. The van der Waals surface area contributed by atoms with Gasteiger partial charge in [0.15, 0.2) is 17.7 Å². The fourth-order valence-electron chi connectivity index (χ4n) is 7.54. The van der Waals surface area contributed by atoms with E-state index in [0.29, 0.717) is 12.8 Å². The van der Waals surface area contributed by atoms with Gasteiger partial charge >= 0.3 is 5.72 Å². The third kappa shape index (κ3) is 5.03. The molecule has 0 unspecified atom stereocenters. The van der Waals surface area contributed by atoms with Crippen LogP contribution in [0.3, 0.4) is 0 Å². The van der Waals surface area contributed by atoms with Crippen LogP contribution >= 0.6 is 0 Å². The predicted molar refractivity (Wildman–Crippen MR) is 170 cm³/mol. The molecule has 0 amide bonds. The largest absolute Gasteiger partial charge is 0.393 e. The van der Waals surface area contributed by atoms with Crippen molar-refractivity contribution in [2.45, 2.75) is 128 Å². The molecule has 256 valence electrons. The van der Waals surface area contributed by atoms with Crippen LogP contribution in [0.5, 0.6) is 0 Å². The third-order valence-electron chi connectivity index (χ3n) is 10.0. The van der Waals surface area contributed by atoms with Crippen LogP contribution in [0.15, 0.2) is 36.9 Å². The number of hydrogen-bond acceptors (Lipinski definition) is 11. The van der Waals surface area contributed by atoms with Gasteiger partial charge in [-0.15, -0.1) is 0 Å². The van der Waals surface area contributed by atoms with Crippen molar-refractivity contribution in [2.75, 3.05) is 6.61 Å². The molecule has 1 N–H and O–H groups in total. The van der Waals surface area contributed by atoms with Crippen LogP contribution in [-0.4, -0.2) is 88.2 Å². The molecule has 8 atom stereocenters. The zero-order chi connectivity index (χ0) is 34.2. The van der Waals surface area contributed by atoms with E-state index in [-0.39, 0.29) is 31.0 Å². The molecule has 4 aliphatic heterocycles. The van der Waals surface area contributed by atoms with Gasteiger partial charge in [0.1, 0.15) is 48.8 Å². The molecule has 4 aromatic rings. The number of fused-ring (bicyclic) bond motifs is 4. The summed E-state index contributed by atoms with van der Waals surface area (Å²) in [5.41, 5.74) is 3.58. The number of ether oxygens (including phenoxy) is 6. The van der Waals surface area contributed by atoms with Gasteiger partial charge in [0.2, 0.25) is 0 Å². The quantitative estimate of drug-likeness (QED) is 0.304. The van der Waals surface area contributed by atoms with E-state index in [1.807, 2.05) is 88.7 Å². The Morgan fingerprint density at radius 2 is 1.23 bits per heavy atom. The maximum Gasteiger partial charge on any atom is 0.366 e. The molecule has 48 heavy (non-hydrogen) atoms. The van der Waals surface area contributed by atoms with Crippen LogP contribution in [-0.2, 0) is 28.4 Å². The van der Waals surface area contributed by atoms with Gasteiger partial charge in [0.05, 0.1) is 46.8 Å². The molecule has 4 fully saturated rings. The summed E-state index contributed by atoms with van der Waals surface area (Å²) in [6.07, 6.45) is 2.08. The Labute approximate surface area is 279 Å². The van der Waals surface area contributed by atoms with Crippen molar-refractivity contribution in [3.05, 3.63) is 71.1 Å². The van der Waals surface area contributed by atoms with Crippen LogP contribution in [0, 0.1) is 20.4 Å². The Morgan fingerprint density at radius 1 is 0.729 bits per heavy atom. The smallest absolute Gasteiger partial charge is 0.366 e. The lowest BCUT2D eigenvalue weighted by molar-refractivity contribution is -0.218. The highest BCUT2D eigenvalue weighted by Gasteiger charge is 2.68. The summed E-state index contributed by atoms with van der Waals surface area (Å²) in [4.78, 5) is 12.2. The minimum atomic E-state index is -1.03. The third-order valence-corrected chi connectivity index (χ3v) is 10.0. The molecule has 0 aromatic carbocycles. The molecule has 4 aromatic heterocycles. The average Bonchev–Trinajstić information content (AvgIpc) is 3.89. The second kappa shape index (κ2) is 11.5. The Balaban J connectivity index is 0.000000152. The molecule has 0 bridgehead atoms. The Bertz CT molecular complexity index is 1880. The number of nitrogens with zero attached hydrogens (tertiary/aromatic N) is 7. The van der Waals surface area contributed by atoms with Crippen molar-refractivity contribution in [2.24, 2.45) is 0 Å². The minimum Gasteiger partial charge on any atom is -0.393 e. The van der Waals surface area contributed by atoms with Crippen molar-refractivity contribution in [3.8, 4) is 0 Å². The van der Waals surface area contributed by atoms with E-state index in [0.717, 1.165) is 33.8 Å². The summed E-state index contributed by atoms with van der Waals surface area (Å²) in [6.45, 7) is 22.9. The van der Waals surface area contributed by atoms with Crippen LogP contribution in [0.4, 0.5) is 0 Å². The highest BCUT2D eigenvalue weighted by Crippen LogP contribution is 2.53. The van der Waals surface area contributed by atoms with Crippen molar-refractivity contribution < 1.29 is 33.5 Å². The maximum atomic E-state index is 10.0. The molecule has 14 heteroatoms. The minimum absolute atomic E-state index is 0.113. The summed E-state index contributed by atoms with van der Waals surface area (Å²) in [6, 6.07) is 7.89. The van der Waals surface area contributed by atoms with Gasteiger partial charge in [-0.25, -0.2) is 25.6 Å². The number of aryl methyl sites for hydroxylation is 2. The van der Waals surface area contributed by atoms with E-state index in [9.17, 15) is 5.11 Å². The normalized spacial score (nSPS) is 34.6. The second-order valence-electron chi connectivity index (χ2n) is 13.8. The first-order valence-electron chi connectivity index (χ1n) is 16.5. The molecule has 8 heterocycles. The molecule has 4 aliphatic rings. The van der Waals surface area contributed by atoms with E-state index in [4.69, 9.17) is 35.0 Å². The summed E-state index contributed by atoms with van der Waals surface area (Å²) in [5.74, 6) is -1.44. The average molecular weight is 662 g/mol. The van der Waals surface area contributed by atoms with E-state index in [1.165, 1.54) is 12.7 Å². The molecule has 8 rings (SSSR count). The molecule has 0 saturated carbocycles. The zero-order valence-electron chi connectivity index (χ0n) is 28.6. The Kier molecular flexibility index (Phi) is 7.91. The van der Waals surface area contributed by atoms with Crippen LogP contribution in [0.2, 0.25) is 0 Å². The second-order valence-corrected chi connectivity index (χ2v) is 13.8. The van der Waals surface area contributed by atoms with Crippen LogP contribution < -0.4 is 0 Å². The maximum absolute atomic E-state index is 10.0. The fourth-order valence-corrected chi connectivity index (χ4v) is 7.54. The SMILES string of the molecule is CC[C@@]1(CO)O[C@@H](c2ccc3c(C)ncnn23)[C@@H]2OC(C)(C)O[C@@H]21.[C-]#[N+][C@]1(CC)O[C@@H](c2ccc3c(C)ncnn23)[C@@H]2OC(C)(C)O[C@@H]21. The van der Waals surface area contributed by atoms with Gasteiger partial charge in [-0.3, -0.25) is 9.58 Å². The Morgan fingerprint density at radius 3 is 1.71 bits per heavy atom. The zero-order valence-corrected chi connectivity index (χ0v) is 28.6. The standard InChI is InChI=1S/C17H20N4O3.C17H23N3O4/c1-6-17(18-5)15-14(22-16(3,4)24-15)13(23-17)12-8-7-11-10(2)19-9-20-21(11)12;1-5-17(8-21)15-14(22-16(3,4)24-15)13(23-17)12-7-6-11-10(2)18-9-19-20(11)12/h7-9,13-15H,6H2,1-4H3;6-7,9,13-15,21H,5,8H2,1-4H3/t13-,14-,15-,17+;13-,14-,15-,17-/m00/s1. The van der Waals surface area contributed by atoms with Crippen LogP contribution in [0.25, 0.3) is 15.9 Å². The van der Waals surface area contributed by atoms with Crippen molar-refractivity contribution in [1.82, 2.24) is 29.2 Å². The first kappa shape index (κ1) is 33.0. The fraction of sp³-hybridized carbons (Fsp3) is 0.618. The van der Waals surface area contributed by atoms with Gasteiger partial charge in [0.25, 0.3) is 0 Å². The van der Waals surface area contributed by atoms with Crippen LogP contribution in [0.1, 0.15) is 89.4 Å². The lowest BCUT2D eigenvalue weighted by atomic mass is 9.92. The first-order chi connectivity index (χ1) is 22.8. The number of rotatable bonds is 5. The van der Waals surface area contributed by atoms with E-state index in [1.54, 1.807) is 0 Å². The van der Waals surface area contributed by atoms with Gasteiger partial charge < -0.3 is 28.8 Å². The van der Waals surface area contributed by atoms with Crippen molar-refractivity contribution >= 4 is 11.0 Å². The highest BCUT2D eigenvalue weighted by atomic mass is 16.8. The molecule has 14 nitrogen and oxygen atoms in total. The van der Waals surface area contributed by atoms with Crippen molar-refractivity contribution in [1.29, 1.82) is 0 Å². The molecule has 4 saturated heterocycles. The predicted octanol–water partition coefficient (Wildman–Crippen LogP) is 4.42. The number of aliphatic hydroxyl groups excluding tert-OH is 1. The first-order valence-corrected chi connectivity index (χ1v) is 16.5. The van der Waals surface area contributed by atoms with Gasteiger partial charge in [-0.05, 0) is 72.2 Å². The lowest BCUT2D eigenvalue weighted by Gasteiger charge is -2.32. The molecule has 0 aliphatic carbocycles.